The molecule has 0 unspecified atom stereocenters. The topological polar surface area (TPSA) is 77.7 Å². The summed E-state index contributed by atoms with van der Waals surface area (Å²) in [6.07, 6.45) is -1.25. The lowest BCUT2D eigenvalue weighted by atomic mass is 9.95. The number of aliphatic hydroxyl groups excluding tert-OH is 1. The van der Waals surface area contributed by atoms with E-state index in [-0.39, 0.29) is 12.1 Å². The second kappa shape index (κ2) is 5.99. The second-order valence-corrected chi connectivity index (χ2v) is 9.81. The SMILES string of the molecule is CO[C@H]1[C@@H](O)C[C@@H]2O[C@@]1(C)n1c3ccccc3c3c4c(c5c6ccccc6n2c5c31)CNC4=O. The largest absolute Gasteiger partial charge is 0.390 e. The van der Waals surface area contributed by atoms with Crippen molar-refractivity contribution in [2.75, 3.05) is 7.11 Å². The first-order valence-electron chi connectivity index (χ1n) is 11.7. The molecule has 170 valence electrons. The van der Waals surface area contributed by atoms with Crippen molar-refractivity contribution in [3.63, 3.8) is 0 Å². The number of carbonyl (C=O) groups is 1. The van der Waals surface area contributed by atoms with Gasteiger partial charge in [-0.3, -0.25) is 4.79 Å². The lowest BCUT2D eigenvalue weighted by molar-refractivity contribution is -0.278. The number of aliphatic hydroxyl groups is 1. The minimum Gasteiger partial charge on any atom is -0.390 e. The molecule has 2 aromatic heterocycles. The number of hydrogen-bond donors (Lipinski definition) is 2. The van der Waals surface area contributed by atoms with Gasteiger partial charge in [-0.2, -0.15) is 0 Å². The van der Waals surface area contributed by atoms with E-state index < -0.39 is 17.9 Å². The van der Waals surface area contributed by atoms with Crippen LogP contribution < -0.4 is 5.32 Å². The summed E-state index contributed by atoms with van der Waals surface area (Å²) in [5, 5.41) is 18.5. The maximum Gasteiger partial charge on any atom is 0.252 e. The molecule has 7 nitrogen and oxygen atoms in total. The van der Waals surface area contributed by atoms with Crippen molar-refractivity contribution in [1.29, 1.82) is 0 Å². The van der Waals surface area contributed by atoms with Crippen molar-refractivity contribution in [2.24, 2.45) is 0 Å². The normalized spacial score (nSPS) is 27.7. The van der Waals surface area contributed by atoms with Crippen LogP contribution in [0.2, 0.25) is 0 Å². The summed E-state index contributed by atoms with van der Waals surface area (Å²) in [7, 11) is 1.62. The third kappa shape index (κ3) is 1.92. The number of hydrogen-bond acceptors (Lipinski definition) is 4. The van der Waals surface area contributed by atoms with Crippen molar-refractivity contribution in [3.05, 3.63) is 59.7 Å². The zero-order chi connectivity index (χ0) is 22.9. The van der Waals surface area contributed by atoms with Crippen LogP contribution in [0.1, 0.15) is 35.5 Å². The van der Waals surface area contributed by atoms with E-state index in [1.165, 1.54) is 0 Å². The summed E-state index contributed by atoms with van der Waals surface area (Å²) in [6.45, 7) is 2.50. The number of benzene rings is 3. The molecule has 0 spiro atoms. The number of methoxy groups -OCH3 is 1. The van der Waals surface area contributed by atoms with E-state index in [0.717, 1.165) is 54.7 Å². The van der Waals surface area contributed by atoms with Crippen LogP contribution in [0.25, 0.3) is 43.6 Å². The van der Waals surface area contributed by atoms with Gasteiger partial charge in [0, 0.05) is 41.6 Å². The Balaban J connectivity index is 1.75. The van der Waals surface area contributed by atoms with E-state index in [9.17, 15) is 9.90 Å². The van der Waals surface area contributed by atoms with Crippen LogP contribution in [0.5, 0.6) is 0 Å². The minimum absolute atomic E-state index is 0.0433. The Kier molecular flexibility index (Phi) is 3.34. The average molecular weight is 453 g/mol. The summed E-state index contributed by atoms with van der Waals surface area (Å²) in [5.74, 6) is -0.0433. The minimum atomic E-state index is -0.977. The predicted molar refractivity (Wildman–Crippen MR) is 129 cm³/mol. The molecule has 2 N–H and O–H groups in total. The molecule has 1 fully saturated rings. The molecule has 3 aliphatic rings. The van der Waals surface area contributed by atoms with Crippen molar-refractivity contribution >= 4 is 49.5 Å². The van der Waals surface area contributed by atoms with E-state index in [0.29, 0.717) is 13.0 Å². The van der Waals surface area contributed by atoms with E-state index in [4.69, 9.17) is 9.47 Å². The van der Waals surface area contributed by atoms with Gasteiger partial charge in [0.25, 0.3) is 5.91 Å². The van der Waals surface area contributed by atoms with Crippen LogP contribution in [0.3, 0.4) is 0 Å². The first kappa shape index (κ1) is 19.0. The van der Waals surface area contributed by atoms with Crippen LogP contribution in [0, 0.1) is 0 Å². The van der Waals surface area contributed by atoms with Gasteiger partial charge < -0.3 is 29.0 Å². The highest BCUT2D eigenvalue weighted by molar-refractivity contribution is 6.31. The lowest BCUT2D eigenvalue weighted by Gasteiger charge is -2.46. The summed E-state index contributed by atoms with van der Waals surface area (Å²) in [6, 6.07) is 16.4. The quantitative estimate of drug-likeness (QED) is 0.400. The average Bonchev–Trinajstić information content (AvgIpc) is 3.46. The summed E-state index contributed by atoms with van der Waals surface area (Å²) >= 11 is 0. The van der Waals surface area contributed by atoms with Gasteiger partial charge in [-0.15, -0.1) is 0 Å². The van der Waals surface area contributed by atoms with Crippen molar-refractivity contribution in [2.45, 2.75) is 44.1 Å². The molecule has 1 amide bonds. The maximum atomic E-state index is 13.3. The predicted octanol–water partition coefficient (Wildman–Crippen LogP) is 4.13. The molecular weight excluding hydrogens is 430 g/mol. The fourth-order valence-electron chi connectivity index (χ4n) is 7.03. The highest BCUT2D eigenvalue weighted by atomic mass is 16.6. The first-order valence-corrected chi connectivity index (χ1v) is 11.7. The van der Waals surface area contributed by atoms with E-state index in [2.05, 4.69) is 38.7 Å². The Hall–Kier alpha value is -3.39. The Morgan fingerprint density at radius 2 is 1.76 bits per heavy atom. The number of ether oxygens (including phenoxy) is 2. The molecular formula is C27H23N3O4. The highest BCUT2D eigenvalue weighted by Gasteiger charge is 2.53. The fourth-order valence-corrected chi connectivity index (χ4v) is 7.03. The van der Waals surface area contributed by atoms with Crippen molar-refractivity contribution in [1.82, 2.24) is 14.5 Å². The smallest absolute Gasteiger partial charge is 0.252 e. The number of nitrogens with zero attached hydrogens (tertiary/aromatic N) is 2. The van der Waals surface area contributed by atoms with E-state index in [1.54, 1.807) is 7.11 Å². The van der Waals surface area contributed by atoms with Crippen LogP contribution in [-0.2, 0) is 21.7 Å². The Bertz CT molecular complexity index is 1730. The van der Waals surface area contributed by atoms with Crippen LogP contribution in [-0.4, -0.2) is 39.5 Å². The third-order valence-electron chi connectivity index (χ3n) is 8.20. The third-order valence-corrected chi connectivity index (χ3v) is 8.20. The molecule has 0 aliphatic carbocycles. The van der Waals surface area contributed by atoms with Gasteiger partial charge in [0.15, 0.2) is 5.72 Å². The summed E-state index contributed by atoms with van der Waals surface area (Å²) < 4.78 is 17.2. The van der Waals surface area contributed by atoms with Crippen molar-refractivity contribution in [3.8, 4) is 0 Å². The monoisotopic (exact) mass is 453 g/mol. The number of aromatic nitrogens is 2. The summed E-state index contributed by atoms with van der Waals surface area (Å²) in [4.78, 5) is 13.3. The van der Waals surface area contributed by atoms with Crippen molar-refractivity contribution < 1.29 is 19.4 Å². The van der Waals surface area contributed by atoms with Gasteiger partial charge >= 0.3 is 0 Å². The molecule has 4 atom stereocenters. The molecule has 8 rings (SSSR count). The van der Waals surface area contributed by atoms with E-state index in [1.807, 2.05) is 31.2 Å². The van der Waals surface area contributed by atoms with Gasteiger partial charge in [0.1, 0.15) is 12.3 Å². The number of rotatable bonds is 1. The molecule has 0 radical (unpaired) electrons. The van der Waals surface area contributed by atoms with Gasteiger partial charge in [-0.05, 0) is 24.6 Å². The number of carbonyl (C=O) groups excluding carboxylic acids is 1. The molecule has 1 saturated heterocycles. The molecule has 0 saturated carbocycles. The summed E-state index contributed by atoms with van der Waals surface area (Å²) in [5.41, 5.74) is 4.83. The molecule has 7 heteroatoms. The maximum absolute atomic E-state index is 13.3. The lowest BCUT2D eigenvalue weighted by Crippen LogP contribution is -2.56. The first-order chi connectivity index (χ1) is 16.5. The Morgan fingerprint density at radius 1 is 1.06 bits per heavy atom. The molecule has 5 heterocycles. The molecule has 34 heavy (non-hydrogen) atoms. The molecule has 3 aliphatic heterocycles. The van der Waals surface area contributed by atoms with Gasteiger partial charge in [-0.1, -0.05) is 36.4 Å². The number of fused-ring (bicyclic) bond motifs is 13. The van der Waals surface area contributed by atoms with Crippen LogP contribution in [0.15, 0.2) is 48.5 Å². The van der Waals surface area contributed by atoms with Gasteiger partial charge in [0.05, 0.1) is 33.7 Å². The number of para-hydroxylation sites is 2. The standard InChI is InChI=1S/C27H23N3O4/c1-27-25(33-2)18(31)11-19(34-27)29-16-9-5-3-7-13(16)20-15-12-28-26(32)22(15)21-14-8-4-6-10-17(14)30(27)24(21)23(20)29/h3-10,18-19,25,31H,11-12H2,1-2H3,(H,28,32)/t18-,19-,25-,27+/m0/s1. The van der Waals surface area contributed by atoms with Gasteiger partial charge in [0.2, 0.25) is 0 Å². The molecule has 2 bridgehead atoms. The second-order valence-electron chi connectivity index (χ2n) is 9.81. The highest BCUT2D eigenvalue weighted by Crippen LogP contribution is 2.53. The Labute approximate surface area is 194 Å². The number of amides is 1. The van der Waals surface area contributed by atoms with E-state index >= 15 is 0 Å². The zero-order valence-corrected chi connectivity index (χ0v) is 18.8. The Morgan fingerprint density at radius 3 is 2.53 bits per heavy atom. The fraction of sp³-hybridized carbons (Fsp3) is 0.296. The molecule has 5 aromatic rings. The van der Waals surface area contributed by atoms with Gasteiger partial charge in [-0.25, -0.2) is 0 Å². The van der Waals surface area contributed by atoms with Crippen LogP contribution in [0.4, 0.5) is 0 Å². The number of nitrogens with one attached hydrogen (secondary N) is 1. The molecule has 3 aromatic carbocycles. The zero-order valence-electron chi connectivity index (χ0n) is 18.8. The van der Waals surface area contributed by atoms with Crippen LogP contribution >= 0.6 is 0 Å².